The molecule has 0 aliphatic heterocycles. The van der Waals surface area contributed by atoms with E-state index >= 15 is 0 Å². The van der Waals surface area contributed by atoms with E-state index in [4.69, 9.17) is 9.90 Å². The minimum absolute atomic E-state index is 0.0417. The highest BCUT2D eigenvalue weighted by atomic mass is 19.4. The first kappa shape index (κ1) is 13.7. The minimum Gasteiger partial charge on any atom is -0.475 e. The topological polar surface area (TPSA) is 88.0 Å². The molecule has 0 aromatic carbocycles. The van der Waals surface area contributed by atoms with Crippen molar-refractivity contribution in [3.8, 4) is 0 Å². The van der Waals surface area contributed by atoms with Crippen LogP contribution in [0.25, 0.3) is 10.9 Å². The summed E-state index contributed by atoms with van der Waals surface area (Å²) in [7, 11) is 1.71. The van der Waals surface area contributed by atoms with Gasteiger partial charge in [0, 0.05) is 18.6 Å². The van der Waals surface area contributed by atoms with Gasteiger partial charge < -0.3 is 9.67 Å². The Morgan fingerprint density at radius 3 is 2.56 bits per heavy atom. The highest BCUT2D eigenvalue weighted by Gasteiger charge is 2.38. The molecule has 2 aromatic heterocycles. The van der Waals surface area contributed by atoms with Crippen molar-refractivity contribution in [3.63, 3.8) is 0 Å². The molecule has 9 heteroatoms. The van der Waals surface area contributed by atoms with Gasteiger partial charge in [0.25, 0.3) is 5.56 Å². The maximum absolute atomic E-state index is 11.3. The second-order valence-corrected chi connectivity index (χ2v) is 3.24. The van der Waals surface area contributed by atoms with E-state index < -0.39 is 12.1 Å². The van der Waals surface area contributed by atoms with Crippen LogP contribution in [0.5, 0.6) is 0 Å². The van der Waals surface area contributed by atoms with Crippen molar-refractivity contribution in [3.05, 3.63) is 28.8 Å². The van der Waals surface area contributed by atoms with Crippen LogP contribution in [-0.2, 0) is 11.8 Å². The van der Waals surface area contributed by atoms with Gasteiger partial charge in [0.15, 0.2) is 0 Å². The molecule has 0 bridgehead atoms. The number of nitrogens with zero attached hydrogens (tertiary/aromatic N) is 2. The number of hydrogen-bond donors (Lipinski definition) is 2. The summed E-state index contributed by atoms with van der Waals surface area (Å²) < 4.78 is 33.3. The van der Waals surface area contributed by atoms with Crippen molar-refractivity contribution in [1.29, 1.82) is 0 Å². The van der Waals surface area contributed by atoms with Crippen LogP contribution in [0.1, 0.15) is 0 Å². The molecule has 2 heterocycles. The van der Waals surface area contributed by atoms with Gasteiger partial charge in [-0.1, -0.05) is 0 Å². The number of fused-ring (bicyclic) bond motifs is 1. The number of pyridine rings is 1. The monoisotopic (exact) mass is 263 g/mol. The highest BCUT2D eigenvalue weighted by molar-refractivity contribution is 5.76. The predicted octanol–water partition coefficient (Wildman–Crippen LogP) is 0.895. The van der Waals surface area contributed by atoms with E-state index in [0.717, 1.165) is 5.39 Å². The molecule has 0 unspecified atom stereocenters. The number of aromatic amines is 1. The maximum atomic E-state index is 11.3. The Labute approximate surface area is 97.7 Å². The van der Waals surface area contributed by atoms with E-state index in [2.05, 4.69) is 10.2 Å². The molecule has 2 aromatic rings. The number of aryl methyl sites for hydroxylation is 1. The zero-order valence-corrected chi connectivity index (χ0v) is 9.02. The smallest absolute Gasteiger partial charge is 0.475 e. The van der Waals surface area contributed by atoms with E-state index in [-0.39, 0.29) is 5.56 Å². The van der Waals surface area contributed by atoms with E-state index in [1.807, 2.05) is 6.07 Å². The fraction of sp³-hybridized carbons (Fsp3) is 0.222. The standard InChI is InChI=1S/C7H7N3O.C2HF3O2/c1-10-3-2-5-4-8-9-6(5)7(10)11;3-2(4,5)1(6)7/h2-4H,1H3,(H,8,9);(H,6,7). The number of aromatic nitrogens is 3. The zero-order chi connectivity index (χ0) is 13.9. The summed E-state index contributed by atoms with van der Waals surface area (Å²) in [6, 6.07) is 1.85. The first-order chi connectivity index (χ1) is 8.23. The van der Waals surface area contributed by atoms with Crippen molar-refractivity contribution in [1.82, 2.24) is 14.8 Å². The van der Waals surface area contributed by atoms with Crippen LogP contribution in [0, 0.1) is 0 Å². The molecule has 0 fully saturated rings. The summed E-state index contributed by atoms with van der Waals surface area (Å²) in [5, 5.41) is 14.4. The number of rotatable bonds is 0. The lowest BCUT2D eigenvalue weighted by Gasteiger charge is -1.93. The normalized spacial score (nSPS) is 10.9. The number of hydrogen-bond acceptors (Lipinski definition) is 3. The lowest BCUT2D eigenvalue weighted by Crippen LogP contribution is -2.21. The minimum atomic E-state index is -5.08. The van der Waals surface area contributed by atoms with Crippen LogP contribution >= 0.6 is 0 Å². The van der Waals surface area contributed by atoms with Gasteiger partial charge in [-0.2, -0.15) is 18.3 Å². The highest BCUT2D eigenvalue weighted by Crippen LogP contribution is 2.13. The second kappa shape index (κ2) is 4.90. The van der Waals surface area contributed by atoms with E-state index in [1.54, 1.807) is 19.4 Å². The summed E-state index contributed by atoms with van der Waals surface area (Å²) in [6.45, 7) is 0. The lowest BCUT2D eigenvalue weighted by molar-refractivity contribution is -0.192. The Morgan fingerprint density at radius 2 is 2.06 bits per heavy atom. The van der Waals surface area contributed by atoms with Gasteiger partial charge in [-0.15, -0.1) is 0 Å². The van der Waals surface area contributed by atoms with Gasteiger partial charge in [0.05, 0.1) is 6.20 Å². The number of carboxylic acid groups (broad SMARTS) is 1. The van der Waals surface area contributed by atoms with Crippen LogP contribution in [0.4, 0.5) is 13.2 Å². The van der Waals surface area contributed by atoms with Crippen molar-refractivity contribution in [2.45, 2.75) is 6.18 Å². The van der Waals surface area contributed by atoms with Gasteiger partial charge >= 0.3 is 12.1 Å². The predicted molar refractivity (Wildman–Crippen MR) is 55.0 cm³/mol. The van der Waals surface area contributed by atoms with E-state index in [9.17, 15) is 18.0 Å². The molecule has 2 rings (SSSR count). The number of alkyl halides is 3. The molecule has 0 saturated carbocycles. The number of carboxylic acids is 1. The molecule has 2 N–H and O–H groups in total. The largest absolute Gasteiger partial charge is 0.490 e. The van der Waals surface area contributed by atoms with E-state index in [0.29, 0.717) is 5.52 Å². The number of H-pyrrole nitrogens is 1. The van der Waals surface area contributed by atoms with Gasteiger partial charge in [-0.25, -0.2) is 4.79 Å². The van der Waals surface area contributed by atoms with Gasteiger partial charge in [0.2, 0.25) is 0 Å². The van der Waals surface area contributed by atoms with Crippen molar-refractivity contribution in [2.75, 3.05) is 0 Å². The summed E-state index contributed by atoms with van der Waals surface area (Å²) in [4.78, 5) is 20.2. The third-order valence-corrected chi connectivity index (χ3v) is 1.92. The maximum Gasteiger partial charge on any atom is 0.490 e. The Hall–Kier alpha value is -2.32. The summed E-state index contributed by atoms with van der Waals surface area (Å²) in [5.74, 6) is -2.76. The van der Waals surface area contributed by atoms with Gasteiger partial charge in [-0.05, 0) is 6.07 Å². The van der Waals surface area contributed by atoms with Gasteiger partial charge in [-0.3, -0.25) is 9.89 Å². The fourth-order valence-electron chi connectivity index (χ4n) is 1.03. The quantitative estimate of drug-likeness (QED) is 0.739. The molecule has 6 nitrogen and oxygen atoms in total. The second-order valence-electron chi connectivity index (χ2n) is 3.24. The Balaban J connectivity index is 0.000000203. The SMILES string of the molecule is Cn1ccc2cn[nH]c2c1=O.O=C(O)C(F)(F)F. The Bertz CT molecular complexity index is 615. The average molecular weight is 263 g/mol. The van der Waals surface area contributed by atoms with Crippen LogP contribution < -0.4 is 5.56 Å². The third-order valence-electron chi connectivity index (χ3n) is 1.92. The summed E-state index contributed by atoms with van der Waals surface area (Å²) in [6.07, 6.45) is -1.73. The van der Waals surface area contributed by atoms with Gasteiger partial charge in [0.1, 0.15) is 5.52 Å². The zero-order valence-electron chi connectivity index (χ0n) is 9.02. The van der Waals surface area contributed by atoms with Crippen molar-refractivity contribution in [2.24, 2.45) is 7.05 Å². The molecule has 0 spiro atoms. The molecule has 0 atom stereocenters. The molecular weight excluding hydrogens is 255 g/mol. The summed E-state index contributed by atoms with van der Waals surface area (Å²) in [5.41, 5.74) is 0.523. The molecule has 0 aliphatic carbocycles. The van der Waals surface area contributed by atoms with Crippen LogP contribution in [0.2, 0.25) is 0 Å². The number of nitrogens with one attached hydrogen (secondary N) is 1. The fourth-order valence-corrected chi connectivity index (χ4v) is 1.03. The molecular formula is C9H8F3N3O3. The molecule has 0 radical (unpaired) electrons. The molecule has 0 aliphatic rings. The van der Waals surface area contributed by atoms with Crippen LogP contribution in [0.3, 0.4) is 0 Å². The molecule has 98 valence electrons. The lowest BCUT2D eigenvalue weighted by atomic mass is 10.3. The molecule has 18 heavy (non-hydrogen) atoms. The number of aliphatic carboxylic acids is 1. The molecule has 0 amide bonds. The van der Waals surface area contributed by atoms with Crippen molar-refractivity contribution < 1.29 is 23.1 Å². The first-order valence-corrected chi connectivity index (χ1v) is 4.52. The average Bonchev–Trinajstić information content (AvgIpc) is 2.72. The Kier molecular flexibility index (Phi) is 3.74. The summed E-state index contributed by atoms with van der Waals surface area (Å²) >= 11 is 0. The van der Waals surface area contributed by atoms with Crippen molar-refractivity contribution >= 4 is 16.9 Å². The number of carbonyl (C=O) groups is 1. The van der Waals surface area contributed by atoms with Crippen LogP contribution in [0.15, 0.2) is 23.3 Å². The van der Waals surface area contributed by atoms with Crippen LogP contribution in [-0.4, -0.2) is 32.0 Å². The van der Waals surface area contributed by atoms with E-state index in [1.165, 1.54) is 4.57 Å². The number of halogens is 3. The third kappa shape index (κ3) is 3.09. The first-order valence-electron chi connectivity index (χ1n) is 4.52. The molecule has 0 saturated heterocycles. The Morgan fingerprint density at radius 1 is 1.50 bits per heavy atom.